The summed E-state index contributed by atoms with van der Waals surface area (Å²) >= 11 is 0. The first-order valence-corrected chi connectivity index (χ1v) is 11.9. The summed E-state index contributed by atoms with van der Waals surface area (Å²) in [5, 5.41) is 6.39. The molecule has 0 saturated carbocycles. The van der Waals surface area contributed by atoms with E-state index in [-0.39, 0.29) is 5.69 Å². The van der Waals surface area contributed by atoms with Crippen molar-refractivity contribution in [2.75, 3.05) is 48.8 Å². The molecule has 0 bridgehead atoms. The monoisotopic (exact) mass is 493 g/mol. The van der Waals surface area contributed by atoms with E-state index in [2.05, 4.69) is 49.6 Å². The molecule has 2 aliphatic heterocycles. The van der Waals surface area contributed by atoms with Gasteiger partial charge in [0.25, 0.3) is 0 Å². The molecule has 1 unspecified atom stereocenters. The molecule has 4 aromatic rings. The largest absolute Gasteiger partial charge is 0.418 e. The highest BCUT2D eigenvalue weighted by Gasteiger charge is 2.43. The first kappa shape index (κ1) is 22.7. The van der Waals surface area contributed by atoms with Gasteiger partial charge in [-0.3, -0.25) is 4.98 Å². The molecular formula is C26H26F3N7. The van der Waals surface area contributed by atoms with Crippen molar-refractivity contribution < 1.29 is 13.2 Å². The second-order valence-electron chi connectivity index (χ2n) is 9.61. The van der Waals surface area contributed by atoms with Crippen LogP contribution < -0.4 is 15.5 Å². The second-order valence-corrected chi connectivity index (χ2v) is 9.61. The topological polar surface area (TPSA) is 72.1 Å². The summed E-state index contributed by atoms with van der Waals surface area (Å²) in [6.07, 6.45) is -3.13. The Bertz CT molecular complexity index is 1440. The number of hydrogen-bond acceptors (Lipinski definition) is 6. The number of fused-ring (bicyclic) bond motifs is 2. The minimum absolute atomic E-state index is 0.101. The van der Waals surface area contributed by atoms with Gasteiger partial charge in [-0.2, -0.15) is 13.2 Å². The highest BCUT2D eigenvalue weighted by Crippen LogP contribution is 2.44. The van der Waals surface area contributed by atoms with Gasteiger partial charge in [0.05, 0.1) is 33.7 Å². The number of halogens is 3. The van der Waals surface area contributed by atoms with E-state index in [0.29, 0.717) is 17.2 Å². The number of hydrogen-bond donors (Lipinski definition) is 3. The number of imidazole rings is 1. The van der Waals surface area contributed by atoms with Crippen molar-refractivity contribution >= 4 is 28.1 Å². The molecule has 1 atom stereocenters. The number of rotatable bonds is 3. The van der Waals surface area contributed by atoms with Crippen LogP contribution >= 0.6 is 0 Å². The maximum atomic E-state index is 13.6. The van der Waals surface area contributed by atoms with Crippen LogP contribution in [0.4, 0.5) is 30.2 Å². The Morgan fingerprint density at radius 3 is 2.50 bits per heavy atom. The zero-order valence-electron chi connectivity index (χ0n) is 19.9. The number of alkyl halides is 3. The zero-order chi connectivity index (χ0) is 25.1. The molecule has 186 valence electrons. The number of pyridine rings is 1. The van der Waals surface area contributed by atoms with Gasteiger partial charge in [0.1, 0.15) is 11.5 Å². The third-order valence-electron chi connectivity index (χ3n) is 6.98. The lowest BCUT2D eigenvalue weighted by Gasteiger charge is -2.34. The molecule has 0 aliphatic carbocycles. The SMILES string of the molecule is CN1CCN(c2ccc3nc(-c4ccc5c(c4)NC(C)(c4ncccc4C(F)(F)F)N5)[nH]c3c2)CC1. The quantitative estimate of drug-likeness (QED) is 0.369. The Balaban J connectivity index is 1.29. The number of H-pyrrole nitrogens is 1. The van der Waals surface area contributed by atoms with E-state index in [4.69, 9.17) is 4.98 Å². The van der Waals surface area contributed by atoms with Gasteiger partial charge >= 0.3 is 6.18 Å². The molecule has 1 saturated heterocycles. The fourth-order valence-corrected chi connectivity index (χ4v) is 5.02. The van der Waals surface area contributed by atoms with Crippen molar-refractivity contribution in [3.63, 3.8) is 0 Å². The van der Waals surface area contributed by atoms with E-state index in [1.165, 1.54) is 12.3 Å². The zero-order valence-corrected chi connectivity index (χ0v) is 19.9. The van der Waals surface area contributed by atoms with Crippen molar-refractivity contribution in [3.8, 4) is 11.4 Å². The van der Waals surface area contributed by atoms with E-state index in [1.807, 2.05) is 24.3 Å². The van der Waals surface area contributed by atoms with Gasteiger partial charge < -0.3 is 25.4 Å². The molecule has 0 amide bonds. The first-order valence-electron chi connectivity index (χ1n) is 11.9. The average molecular weight is 494 g/mol. The second kappa shape index (κ2) is 8.12. The van der Waals surface area contributed by atoms with Gasteiger partial charge in [-0.05, 0) is 62.5 Å². The number of nitrogens with zero attached hydrogens (tertiary/aromatic N) is 4. The van der Waals surface area contributed by atoms with Crippen LogP contribution in [0.3, 0.4) is 0 Å². The van der Waals surface area contributed by atoms with Crippen LogP contribution in [-0.4, -0.2) is 53.1 Å². The summed E-state index contributed by atoms with van der Waals surface area (Å²) in [6, 6.07) is 14.2. The normalized spacial score (nSPS) is 20.3. The molecule has 36 heavy (non-hydrogen) atoms. The number of benzene rings is 2. The van der Waals surface area contributed by atoms with Gasteiger partial charge in [0.2, 0.25) is 0 Å². The summed E-state index contributed by atoms with van der Waals surface area (Å²) in [5.41, 5.74) is 3.12. The smallest absolute Gasteiger partial charge is 0.369 e. The van der Waals surface area contributed by atoms with E-state index in [0.717, 1.165) is 54.5 Å². The highest BCUT2D eigenvalue weighted by atomic mass is 19.4. The van der Waals surface area contributed by atoms with Crippen LogP contribution in [0.5, 0.6) is 0 Å². The molecule has 0 spiro atoms. The maximum Gasteiger partial charge on any atom is 0.418 e. The molecule has 7 nitrogen and oxygen atoms in total. The average Bonchev–Trinajstić information content (AvgIpc) is 3.44. The molecule has 2 aliphatic rings. The minimum atomic E-state index is -4.51. The summed E-state index contributed by atoms with van der Waals surface area (Å²) < 4.78 is 40.9. The molecule has 3 N–H and O–H groups in total. The molecule has 4 heterocycles. The number of likely N-dealkylation sites (N-methyl/N-ethyl adjacent to an activating group) is 1. The number of piperazine rings is 1. The summed E-state index contributed by atoms with van der Waals surface area (Å²) in [5.74, 6) is 0.701. The Morgan fingerprint density at radius 1 is 0.944 bits per heavy atom. The molecular weight excluding hydrogens is 467 g/mol. The Hall–Kier alpha value is -3.79. The van der Waals surface area contributed by atoms with Crippen LogP contribution in [0.2, 0.25) is 0 Å². The number of aromatic nitrogens is 3. The predicted molar refractivity (Wildman–Crippen MR) is 135 cm³/mol. The lowest BCUT2D eigenvalue weighted by Crippen LogP contribution is -2.44. The first-order chi connectivity index (χ1) is 17.2. The van der Waals surface area contributed by atoms with Gasteiger partial charge in [-0.1, -0.05) is 0 Å². The van der Waals surface area contributed by atoms with E-state index in [1.54, 1.807) is 6.92 Å². The summed E-state index contributed by atoms with van der Waals surface area (Å²) in [4.78, 5) is 16.9. The van der Waals surface area contributed by atoms with Gasteiger partial charge in [-0.15, -0.1) is 0 Å². The summed E-state index contributed by atoms with van der Waals surface area (Å²) in [7, 11) is 2.14. The number of anilines is 3. The van der Waals surface area contributed by atoms with Crippen molar-refractivity contribution in [2.45, 2.75) is 18.8 Å². The van der Waals surface area contributed by atoms with Crippen LogP contribution in [0.25, 0.3) is 22.4 Å². The standard InChI is InChI=1S/C26H26F3N7/c1-25(23-18(26(27,28)29)4-3-9-30-23)33-20-7-5-16(14-22(20)34-25)24-31-19-8-6-17(15-21(19)32-24)36-12-10-35(2)11-13-36/h3-9,14-15,33-34H,10-13H2,1-2H3,(H,31,32). The fourth-order valence-electron chi connectivity index (χ4n) is 5.02. The van der Waals surface area contributed by atoms with E-state index < -0.39 is 17.4 Å². The van der Waals surface area contributed by atoms with Crippen LogP contribution in [-0.2, 0) is 11.8 Å². The number of aromatic amines is 1. The fraction of sp³-hybridized carbons (Fsp3) is 0.308. The van der Waals surface area contributed by atoms with Gasteiger partial charge in [0, 0.05) is 43.6 Å². The van der Waals surface area contributed by atoms with Gasteiger partial charge in [-0.25, -0.2) is 4.98 Å². The van der Waals surface area contributed by atoms with E-state index >= 15 is 0 Å². The lowest BCUT2D eigenvalue weighted by molar-refractivity contribution is -0.138. The molecule has 1 fully saturated rings. The van der Waals surface area contributed by atoms with Gasteiger partial charge in [0.15, 0.2) is 0 Å². The minimum Gasteiger partial charge on any atom is -0.369 e. The van der Waals surface area contributed by atoms with Crippen molar-refractivity contribution in [1.29, 1.82) is 0 Å². The van der Waals surface area contributed by atoms with Crippen molar-refractivity contribution in [1.82, 2.24) is 19.9 Å². The third-order valence-corrected chi connectivity index (χ3v) is 6.98. The Morgan fingerprint density at radius 2 is 1.72 bits per heavy atom. The maximum absolute atomic E-state index is 13.6. The van der Waals surface area contributed by atoms with Crippen LogP contribution in [0, 0.1) is 0 Å². The molecule has 2 aromatic heterocycles. The van der Waals surface area contributed by atoms with Crippen LogP contribution in [0.15, 0.2) is 54.7 Å². The predicted octanol–water partition coefficient (Wildman–Crippen LogP) is 5.11. The van der Waals surface area contributed by atoms with Crippen molar-refractivity contribution in [3.05, 3.63) is 66.0 Å². The Labute approximate surface area is 206 Å². The molecule has 2 aromatic carbocycles. The number of nitrogens with one attached hydrogen (secondary N) is 3. The molecule has 6 rings (SSSR count). The molecule has 10 heteroatoms. The third kappa shape index (κ3) is 3.91. The molecule has 0 radical (unpaired) electrons. The highest BCUT2D eigenvalue weighted by molar-refractivity contribution is 5.86. The Kier molecular flexibility index (Phi) is 5.11. The van der Waals surface area contributed by atoms with Crippen LogP contribution in [0.1, 0.15) is 18.2 Å². The lowest BCUT2D eigenvalue weighted by atomic mass is 10.0. The van der Waals surface area contributed by atoms with E-state index in [9.17, 15) is 13.2 Å². The summed E-state index contributed by atoms with van der Waals surface area (Å²) in [6.45, 7) is 5.69. The van der Waals surface area contributed by atoms with Crippen molar-refractivity contribution in [2.24, 2.45) is 0 Å².